The molecule has 1 aliphatic rings. The fourth-order valence-electron chi connectivity index (χ4n) is 3.21. The fourth-order valence-corrected chi connectivity index (χ4v) is 3.21. The summed E-state index contributed by atoms with van der Waals surface area (Å²) in [5, 5.41) is 0. The van der Waals surface area contributed by atoms with Crippen LogP contribution in [0.15, 0.2) is 54.7 Å². The van der Waals surface area contributed by atoms with E-state index in [1.54, 1.807) is 0 Å². The molecule has 2 heterocycles. The van der Waals surface area contributed by atoms with Crippen molar-refractivity contribution in [3.8, 4) is 22.4 Å². The molecule has 0 atom stereocenters. The van der Waals surface area contributed by atoms with Crippen molar-refractivity contribution in [3.05, 3.63) is 66.1 Å². The fraction of sp³-hybridized carbons (Fsp3) is 0.250. The third-order valence-electron chi connectivity index (χ3n) is 4.44. The van der Waals surface area contributed by atoms with Crippen LogP contribution in [-0.2, 0) is 13.0 Å². The Morgan fingerprint density at radius 3 is 2.43 bits per heavy atom. The largest absolute Gasteiger partial charge is 0.334 e. The number of hydrogen-bond donors (Lipinski definition) is 0. The summed E-state index contributed by atoms with van der Waals surface area (Å²) in [7, 11) is 0. The molecular weight excluding hydrogens is 304 g/mol. The monoisotopic (exact) mass is 324 g/mol. The third-order valence-corrected chi connectivity index (χ3v) is 4.44. The van der Waals surface area contributed by atoms with Gasteiger partial charge >= 0.3 is 0 Å². The molecule has 1 aromatic heterocycles. The predicted molar refractivity (Wildman–Crippen MR) is 98.0 cm³/mol. The summed E-state index contributed by atoms with van der Waals surface area (Å²) in [6, 6.07) is 17.4. The van der Waals surface area contributed by atoms with Crippen molar-refractivity contribution < 1.29 is 0 Å². The first-order chi connectivity index (χ1) is 10.8. The highest BCUT2D eigenvalue weighted by Crippen LogP contribution is 2.26. The lowest BCUT2D eigenvalue weighted by molar-refractivity contribution is 0.522. The molecule has 0 bridgehead atoms. The van der Waals surface area contributed by atoms with Gasteiger partial charge in [-0.2, -0.15) is 0 Å². The summed E-state index contributed by atoms with van der Waals surface area (Å²) < 4.78 is 2.31. The maximum absolute atomic E-state index is 4.80. The molecule has 0 unspecified atom stereocenters. The molecule has 1 aliphatic heterocycles. The van der Waals surface area contributed by atoms with Gasteiger partial charge in [0.2, 0.25) is 0 Å². The van der Waals surface area contributed by atoms with E-state index in [0.717, 1.165) is 18.7 Å². The molecule has 0 saturated carbocycles. The normalized spacial score (nSPS) is 13.3. The minimum Gasteiger partial charge on any atom is -0.334 e. The molecule has 0 N–H and O–H groups in total. The van der Waals surface area contributed by atoms with Crippen LogP contribution in [0.5, 0.6) is 0 Å². The van der Waals surface area contributed by atoms with Crippen LogP contribution >= 0.6 is 12.4 Å². The molecule has 2 aromatic carbocycles. The molecule has 0 aliphatic carbocycles. The summed E-state index contributed by atoms with van der Waals surface area (Å²) in [4.78, 5) is 4.80. The summed E-state index contributed by atoms with van der Waals surface area (Å²) >= 11 is 0. The molecule has 0 saturated heterocycles. The lowest BCUT2D eigenvalue weighted by Crippen LogP contribution is -2.08. The number of halogens is 1. The van der Waals surface area contributed by atoms with Crippen LogP contribution < -0.4 is 0 Å². The second-order valence-electron chi connectivity index (χ2n) is 6.14. The number of imidazole rings is 1. The molecule has 0 spiro atoms. The average Bonchev–Trinajstić information content (AvgIpc) is 2.99. The van der Waals surface area contributed by atoms with Crippen molar-refractivity contribution in [2.45, 2.75) is 32.7 Å². The second-order valence-corrected chi connectivity index (χ2v) is 6.14. The molecule has 23 heavy (non-hydrogen) atoms. The van der Waals surface area contributed by atoms with Crippen LogP contribution in [0, 0.1) is 6.92 Å². The lowest BCUT2D eigenvalue weighted by Gasteiger charge is -2.11. The number of aromatic nitrogens is 2. The minimum absolute atomic E-state index is 0. The SMILES string of the molecule is Cc1cccc(-c2ccc(-c3cn4c(n3)CCCC4)cc2)c1.Cl. The van der Waals surface area contributed by atoms with E-state index in [1.165, 1.54) is 40.9 Å². The topological polar surface area (TPSA) is 17.8 Å². The van der Waals surface area contributed by atoms with Crippen LogP contribution in [0.4, 0.5) is 0 Å². The maximum Gasteiger partial charge on any atom is 0.109 e. The van der Waals surface area contributed by atoms with Gasteiger partial charge in [0.1, 0.15) is 5.82 Å². The lowest BCUT2D eigenvalue weighted by atomic mass is 10.0. The minimum atomic E-state index is 0. The quantitative estimate of drug-likeness (QED) is 0.626. The molecule has 3 heteroatoms. The van der Waals surface area contributed by atoms with Gasteiger partial charge < -0.3 is 4.57 Å². The Balaban J connectivity index is 0.00000156. The average molecular weight is 325 g/mol. The molecule has 4 rings (SSSR count). The van der Waals surface area contributed by atoms with Crippen molar-refractivity contribution in [1.29, 1.82) is 0 Å². The summed E-state index contributed by atoms with van der Waals surface area (Å²) in [6.45, 7) is 3.25. The van der Waals surface area contributed by atoms with Gasteiger partial charge in [-0.05, 0) is 30.9 Å². The van der Waals surface area contributed by atoms with E-state index in [-0.39, 0.29) is 12.4 Å². The van der Waals surface area contributed by atoms with Crippen molar-refractivity contribution in [3.63, 3.8) is 0 Å². The number of aryl methyl sites for hydroxylation is 3. The molecule has 118 valence electrons. The zero-order valence-electron chi connectivity index (χ0n) is 13.3. The van der Waals surface area contributed by atoms with Gasteiger partial charge in [0.25, 0.3) is 0 Å². The second kappa shape index (κ2) is 6.59. The van der Waals surface area contributed by atoms with E-state index in [9.17, 15) is 0 Å². The molecule has 0 amide bonds. The Morgan fingerprint density at radius 2 is 1.70 bits per heavy atom. The van der Waals surface area contributed by atoms with Crippen LogP contribution in [-0.4, -0.2) is 9.55 Å². The van der Waals surface area contributed by atoms with Gasteiger partial charge in [-0.1, -0.05) is 54.1 Å². The van der Waals surface area contributed by atoms with E-state index in [0.29, 0.717) is 0 Å². The number of nitrogens with zero attached hydrogens (tertiary/aromatic N) is 2. The molecule has 0 fully saturated rings. The first kappa shape index (κ1) is 15.8. The Bertz CT molecular complexity index is 779. The first-order valence-corrected chi connectivity index (χ1v) is 8.03. The number of rotatable bonds is 2. The van der Waals surface area contributed by atoms with Gasteiger partial charge in [-0.25, -0.2) is 4.98 Å². The van der Waals surface area contributed by atoms with Crippen LogP contribution in [0.2, 0.25) is 0 Å². The van der Waals surface area contributed by atoms with E-state index >= 15 is 0 Å². The summed E-state index contributed by atoms with van der Waals surface area (Å²) in [5.41, 5.74) is 6.14. The van der Waals surface area contributed by atoms with Gasteiger partial charge in [0.15, 0.2) is 0 Å². The Morgan fingerprint density at radius 1 is 0.913 bits per heavy atom. The summed E-state index contributed by atoms with van der Waals surface area (Å²) in [5.74, 6) is 1.24. The Kier molecular flexibility index (Phi) is 4.53. The Labute approximate surface area is 143 Å². The van der Waals surface area contributed by atoms with Gasteiger partial charge in [0.05, 0.1) is 5.69 Å². The molecule has 2 nitrogen and oxygen atoms in total. The maximum atomic E-state index is 4.80. The highest BCUT2D eigenvalue weighted by Gasteiger charge is 2.13. The summed E-state index contributed by atoms with van der Waals surface area (Å²) in [6.07, 6.45) is 5.86. The van der Waals surface area contributed by atoms with Crippen molar-refractivity contribution in [2.75, 3.05) is 0 Å². The Hall–Kier alpha value is -2.06. The van der Waals surface area contributed by atoms with Crippen LogP contribution in [0.25, 0.3) is 22.4 Å². The number of hydrogen-bond acceptors (Lipinski definition) is 1. The molecule has 3 aromatic rings. The highest BCUT2D eigenvalue weighted by molar-refractivity contribution is 5.85. The van der Waals surface area contributed by atoms with Crippen LogP contribution in [0.3, 0.4) is 0 Å². The van der Waals surface area contributed by atoms with Gasteiger partial charge in [-0.3, -0.25) is 0 Å². The standard InChI is InChI=1S/C20H20N2.ClH/c1-15-5-4-6-18(13-15)16-8-10-17(11-9-16)19-14-22-12-3-2-7-20(22)21-19;/h4-6,8-11,13-14H,2-3,7,12H2,1H3;1H. The number of benzene rings is 2. The van der Waals surface area contributed by atoms with E-state index in [2.05, 4.69) is 66.2 Å². The first-order valence-electron chi connectivity index (χ1n) is 8.03. The molecular formula is C20H21ClN2. The highest BCUT2D eigenvalue weighted by atomic mass is 35.5. The molecule has 0 radical (unpaired) electrons. The smallest absolute Gasteiger partial charge is 0.109 e. The zero-order chi connectivity index (χ0) is 14.9. The van der Waals surface area contributed by atoms with E-state index < -0.39 is 0 Å². The van der Waals surface area contributed by atoms with Gasteiger partial charge in [0, 0.05) is 24.7 Å². The number of fused-ring (bicyclic) bond motifs is 1. The van der Waals surface area contributed by atoms with Crippen molar-refractivity contribution >= 4 is 12.4 Å². The van der Waals surface area contributed by atoms with Gasteiger partial charge in [-0.15, -0.1) is 12.4 Å². The predicted octanol–water partition coefficient (Wildman–Crippen LogP) is 5.28. The van der Waals surface area contributed by atoms with Crippen LogP contribution in [0.1, 0.15) is 24.2 Å². The zero-order valence-corrected chi connectivity index (χ0v) is 14.1. The van der Waals surface area contributed by atoms with Crippen molar-refractivity contribution in [2.24, 2.45) is 0 Å². The van der Waals surface area contributed by atoms with E-state index in [4.69, 9.17) is 4.98 Å². The third kappa shape index (κ3) is 3.18. The van der Waals surface area contributed by atoms with Crippen molar-refractivity contribution in [1.82, 2.24) is 9.55 Å². The van der Waals surface area contributed by atoms with E-state index in [1.807, 2.05) is 0 Å².